The zero-order valence-electron chi connectivity index (χ0n) is 10.6. The van der Waals surface area contributed by atoms with E-state index in [1.165, 1.54) is 0 Å². The molecule has 0 spiro atoms. The summed E-state index contributed by atoms with van der Waals surface area (Å²) in [6.07, 6.45) is 0.847. The first-order chi connectivity index (χ1) is 8.16. The van der Waals surface area contributed by atoms with Gasteiger partial charge < -0.3 is 52.3 Å². The average molecular weight is 338 g/mol. The zero-order chi connectivity index (χ0) is 15.2. The van der Waals surface area contributed by atoms with Crippen LogP contribution in [0, 0.1) is 12.3 Å². The second kappa shape index (κ2) is 16.6. The van der Waals surface area contributed by atoms with E-state index in [9.17, 15) is 0 Å². The van der Waals surface area contributed by atoms with Gasteiger partial charge in [-0.05, 0) is 6.54 Å². The van der Waals surface area contributed by atoms with Gasteiger partial charge in [-0.1, -0.05) is 0 Å². The van der Waals surface area contributed by atoms with Crippen LogP contribution in [0.3, 0.4) is 0 Å². The Morgan fingerprint density at radius 3 is 1.00 bits per heavy atom. The maximum atomic E-state index is 8.50. The van der Waals surface area contributed by atoms with Crippen molar-refractivity contribution in [3.8, 4) is 0 Å². The van der Waals surface area contributed by atoms with Gasteiger partial charge in [0.15, 0.2) is 0 Å². The summed E-state index contributed by atoms with van der Waals surface area (Å²) in [6.45, 7) is 2.56. The summed E-state index contributed by atoms with van der Waals surface area (Å²) in [5.41, 5.74) is 3.85. The Kier molecular flexibility index (Phi) is 24.4. The van der Waals surface area contributed by atoms with Gasteiger partial charge in [0, 0.05) is 21.7 Å². The standard InChI is InChI=1S/C5H12O4.C3H8N.H4O4Si.Ti/c6-1-5(2-7,3-8)4-9;1-2-3-4;1-5(2,3)4;/h6-9H,1-4H2;1-4H2;1-4H;/q;-1;;. The Bertz CT molecular complexity index is 142. The largest absolute Gasteiger partial charge is 0.668 e. The molecule has 0 bridgehead atoms. The average Bonchev–Trinajstić information content (AvgIpc) is 2.31. The smallest absolute Gasteiger partial charge is 0.396 e. The van der Waals surface area contributed by atoms with Crippen LogP contribution in [0.2, 0.25) is 0 Å². The summed E-state index contributed by atoms with van der Waals surface area (Å²) in [6, 6.07) is 0. The second-order valence-electron chi connectivity index (χ2n) is 3.37. The van der Waals surface area contributed by atoms with E-state index >= 15 is 0 Å². The van der Waals surface area contributed by atoms with Crippen molar-refractivity contribution in [3.05, 3.63) is 6.92 Å². The van der Waals surface area contributed by atoms with Gasteiger partial charge in [0.1, 0.15) is 0 Å². The van der Waals surface area contributed by atoms with Crippen molar-refractivity contribution >= 4 is 9.05 Å². The van der Waals surface area contributed by atoms with E-state index in [1.807, 2.05) is 0 Å². The van der Waals surface area contributed by atoms with Gasteiger partial charge in [0.25, 0.3) is 0 Å². The first-order valence-corrected chi connectivity index (χ1v) is 6.77. The SMILES string of the molecule is OCC(CO)(CO)CO.O[Si](O)(O)O.[CH2-]CCN.[Ti]. The van der Waals surface area contributed by atoms with E-state index in [1.54, 1.807) is 0 Å². The number of nitrogens with two attached hydrogens (primary N) is 1. The van der Waals surface area contributed by atoms with Crippen molar-refractivity contribution in [1.82, 2.24) is 0 Å². The van der Waals surface area contributed by atoms with Crippen molar-refractivity contribution in [2.24, 2.45) is 11.1 Å². The molecule has 9 nitrogen and oxygen atoms in total. The molecule has 19 heavy (non-hydrogen) atoms. The molecular weight excluding hydrogens is 314 g/mol. The van der Waals surface area contributed by atoms with E-state index in [-0.39, 0.29) is 21.7 Å². The molecule has 0 heterocycles. The fraction of sp³-hybridized carbons (Fsp3) is 0.875. The van der Waals surface area contributed by atoms with Crippen LogP contribution >= 0.6 is 0 Å². The molecule has 0 aromatic rings. The molecule has 118 valence electrons. The van der Waals surface area contributed by atoms with E-state index < -0.39 is 40.9 Å². The molecule has 0 unspecified atom stereocenters. The van der Waals surface area contributed by atoms with Crippen molar-refractivity contribution in [3.63, 3.8) is 0 Å². The van der Waals surface area contributed by atoms with Crippen LogP contribution in [0.5, 0.6) is 0 Å². The molecule has 10 N–H and O–H groups in total. The molecule has 0 radical (unpaired) electrons. The molecule has 0 fully saturated rings. The first kappa shape index (κ1) is 27.8. The van der Waals surface area contributed by atoms with E-state index in [2.05, 4.69) is 6.92 Å². The van der Waals surface area contributed by atoms with Crippen molar-refractivity contribution in [2.75, 3.05) is 33.0 Å². The van der Waals surface area contributed by atoms with Gasteiger partial charge in [-0.3, -0.25) is 0 Å². The van der Waals surface area contributed by atoms with Crippen LogP contribution in [0.4, 0.5) is 0 Å². The third-order valence-electron chi connectivity index (χ3n) is 1.55. The van der Waals surface area contributed by atoms with Crippen molar-refractivity contribution in [1.29, 1.82) is 0 Å². The summed E-state index contributed by atoms with van der Waals surface area (Å²) >= 11 is 0. The molecular formula is C8H24NO8SiTi-. The van der Waals surface area contributed by atoms with E-state index in [0.717, 1.165) is 6.42 Å². The molecule has 0 saturated heterocycles. The van der Waals surface area contributed by atoms with E-state index in [0.29, 0.717) is 6.54 Å². The van der Waals surface area contributed by atoms with Crippen LogP contribution < -0.4 is 5.73 Å². The fourth-order valence-electron chi connectivity index (χ4n) is 0.300. The van der Waals surface area contributed by atoms with Crippen LogP contribution in [-0.2, 0) is 21.7 Å². The zero-order valence-corrected chi connectivity index (χ0v) is 13.2. The van der Waals surface area contributed by atoms with Gasteiger partial charge in [-0.2, -0.15) is 6.42 Å². The summed E-state index contributed by atoms with van der Waals surface area (Å²) in [5, 5.41) is 34.0. The number of hydrogen-bond acceptors (Lipinski definition) is 9. The Balaban J connectivity index is -0.0000000964. The maximum Gasteiger partial charge on any atom is 0.668 e. The van der Waals surface area contributed by atoms with E-state index in [4.69, 9.17) is 45.3 Å². The van der Waals surface area contributed by atoms with Gasteiger partial charge in [0.05, 0.1) is 31.8 Å². The maximum absolute atomic E-state index is 8.50. The Hall–Kier alpha value is 0.571. The molecule has 0 rings (SSSR count). The predicted octanol–water partition coefficient (Wildman–Crippen LogP) is -4.50. The van der Waals surface area contributed by atoms with Crippen LogP contribution in [0.25, 0.3) is 0 Å². The van der Waals surface area contributed by atoms with Gasteiger partial charge in [-0.15, -0.1) is 0 Å². The summed E-state index contributed by atoms with van der Waals surface area (Å²) < 4.78 is 0. The fourth-order valence-corrected chi connectivity index (χ4v) is 0.300. The normalized spacial score (nSPS) is 10.4. The minimum absolute atomic E-state index is 0. The van der Waals surface area contributed by atoms with Crippen LogP contribution in [0.15, 0.2) is 0 Å². The quantitative estimate of drug-likeness (QED) is 0.176. The molecule has 0 atom stereocenters. The van der Waals surface area contributed by atoms with Crippen molar-refractivity contribution in [2.45, 2.75) is 6.42 Å². The number of hydrogen-bond donors (Lipinski definition) is 9. The predicted molar refractivity (Wildman–Crippen MR) is 64.4 cm³/mol. The molecule has 0 amide bonds. The van der Waals surface area contributed by atoms with Crippen LogP contribution in [0.1, 0.15) is 6.42 Å². The summed E-state index contributed by atoms with van der Waals surface area (Å²) in [5.74, 6) is 0. The second-order valence-corrected chi connectivity index (χ2v) is 4.57. The molecule has 0 saturated carbocycles. The molecule has 11 heteroatoms. The number of aliphatic hydroxyl groups excluding tert-OH is 4. The molecule has 0 aromatic heterocycles. The topological polar surface area (TPSA) is 188 Å². The molecule has 0 aliphatic heterocycles. The Labute approximate surface area is 128 Å². The minimum Gasteiger partial charge on any atom is -0.396 e. The van der Waals surface area contributed by atoms with Crippen molar-refractivity contribution < 1.29 is 61.3 Å². The third-order valence-corrected chi connectivity index (χ3v) is 1.55. The Morgan fingerprint density at radius 1 is 0.842 bits per heavy atom. The van der Waals surface area contributed by atoms with Crippen LogP contribution in [-0.4, -0.2) is 81.6 Å². The third kappa shape index (κ3) is 27.7. The number of aliphatic hydroxyl groups is 4. The monoisotopic (exact) mass is 338 g/mol. The van der Waals surface area contributed by atoms with Gasteiger partial charge >= 0.3 is 9.05 Å². The van der Waals surface area contributed by atoms with Gasteiger partial charge in [0.2, 0.25) is 0 Å². The molecule has 0 aromatic carbocycles. The minimum atomic E-state index is -4.61. The first-order valence-electron chi connectivity index (χ1n) is 4.98. The van der Waals surface area contributed by atoms with Gasteiger partial charge in [-0.25, -0.2) is 0 Å². The summed E-state index contributed by atoms with van der Waals surface area (Å²) in [7, 11) is -4.61. The number of rotatable bonds is 5. The Morgan fingerprint density at radius 2 is 1.00 bits per heavy atom. The summed E-state index contributed by atoms with van der Waals surface area (Å²) in [4.78, 5) is 29.3. The molecule has 0 aliphatic carbocycles. The molecule has 0 aliphatic rings.